The molecule has 2 fully saturated rings. The number of hydrogen-bond acceptors (Lipinski definition) is 3. The van der Waals surface area contributed by atoms with Crippen LogP contribution in [0.15, 0.2) is 35.3 Å². The summed E-state index contributed by atoms with van der Waals surface area (Å²) in [7, 11) is 1.88. The van der Waals surface area contributed by atoms with E-state index >= 15 is 0 Å². The molecule has 6 heteroatoms. The Kier molecular flexibility index (Phi) is 11.8. The number of halogens is 1. The van der Waals surface area contributed by atoms with Gasteiger partial charge in [0.05, 0.1) is 0 Å². The number of rotatable bonds is 8. The van der Waals surface area contributed by atoms with Gasteiger partial charge in [-0.25, -0.2) is 0 Å². The van der Waals surface area contributed by atoms with Crippen LogP contribution in [-0.2, 0) is 0 Å². The van der Waals surface area contributed by atoms with Gasteiger partial charge < -0.3 is 20.4 Å². The van der Waals surface area contributed by atoms with E-state index in [1.165, 1.54) is 63.8 Å². The predicted molar refractivity (Wildman–Crippen MR) is 136 cm³/mol. The van der Waals surface area contributed by atoms with E-state index in [9.17, 15) is 0 Å². The summed E-state index contributed by atoms with van der Waals surface area (Å²) >= 11 is 0. The highest BCUT2D eigenvalue weighted by atomic mass is 127. The Morgan fingerprint density at radius 2 is 1.69 bits per heavy atom. The first kappa shape index (κ1) is 24.3. The number of anilines is 1. The fourth-order valence-electron chi connectivity index (χ4n) is 4.34. The number of nitrogens with zero attached hydrogens (tertiary/aromatic N) is 3. The average Bonchev–Trinajstić information content (AvgIpc) is 2.77. The lowest BCUT2D eigenvalue weighted by molar-refractivity contribution is 0.224. The fraction of sp³-hybridized carbons (Fsp3) is 0.696. The molecule has 0 spiro atoms. The fourth-order valence-corrected chi connectivity index (χ4v) is 4.34. The van der Waals surface area contributed by atoms with E-state index in [1.54, 1.807) is 0 Å². The van der Waals surface area contributed by atoms with Crippen molar-refractivity contribution in [3.8, 4) is 0 Å². The van der Waals surface area contributed by atoms with Crippen molar-refractivity contribution in [3.63, 3.8) is 0 Å². The molecule has 0 aliphatic carbocycles. The average molecular weight is 514 g/mol. The predicted octanol–water partition coefficient (Wildman–Crippen LogP) is 4.09. The van der Waals surface area contributed by atoms with Crippen molar-refractivity contribution in [1.29, 1.82) is 0 Å². The molecule has 1 aromatic rings. The van der Waals surface area contributed by atoms with E-state index in [0.717, 1.165) is 38.4 Å². The quantitative estimate of drug-likeness (QED) is 0.238. The lowest BCUT2D eigenvalue weighted by Gasteiger charge is -2.34. The molecule has 29 heavy (non-hydrogen) atoms. The van der Waals surface area contributed by atoms with Crippen LogP contribution < -0.4 is 15.5 Å². The van der Waals surface area contributed by atoms with Crippen molar-refractivity contribution in [3.05, 3.63) is 30.3 Å². The molecule has 0 bridgehead atoms. The van der Waals surface area contributed by atoms with E-state index in [4.69, 9.17) is 0 Å². The van der Waals surface area contributed by atoms with Crippen molar-refractivity contribution in [1.82, 2.24) is 15.5 Å². The smallest absolute Gasteiger partial charge is 0.191 e. The van der Waals surface area contributed by atoms with E-state index in [1.807, 2.05) is 7.05 Å². The molecule has 2 aliphatic rings. The van der Waals surface area contributed by atoms with Gasteiger partial charge in [-0.1, -0.05) is 31.0 Å². The third-order valence-electron chi connectivity index (χ3n) is 6.07. The molecule has 2 saturated heterocycles. The maximum absolute atomic E-state index is 4.42. The van der Waals surface area contributed by atoms with Crippen LogP contribution in [0.25, 0.3) is 0 Å². The van der Waals surface area contributed by atoms with Gasteiger partial charge in [0.2, 0.25) is 0 Å². The Hall–Kier alpha value is -1.02. The van der Waals surface area contributed by atoms with Crippen molar-refractivity contribution >= 4 is 35.6 Å². The molecule has 0 aromatic heterocycles. The molecule has 0 amide bonds. The second kappa shape index (κ2) is 14.1. The van der Waals surface area contributed by atoms with E-state index in [-0.39, 0.29) is 24.0 Å². The Balaban J connectivity index is 0.00000300. The zero-order valence-corrected chi connectivity index (χ0v) is 20.4. The number of piperidine rings is 2. The summed E-state index contributed by atoms with van der Waals surface area (Å²) in [5.74, 6) is 0.967. The minimum Gasteiger partial charge on any atom is -0.371 e. The maximum Gasteiger partial charge on any atom is 0.191 e. The van der Waals surface area contributed by atoms with Crippen molar-refractivity contribution < 1.29 is 0 Å². The summed E-state index contributed by atoms with van der Waals surface area (Å²) in [5, 5.41) is 7.13. The van der Waals surface area contributed by atoms with Crippen LogP contribution in [0.4, 0.5) is 5.69 Å². The second-order valence-electron chi connectivity index (χ2n) is 8.20. The molecule has 2 N–H and O–H groups in total. The molecule has 3 rings (SSSR count). The lowest BCUT2D eigenvalue weighted by Crippen LogP contribution is -2.48. The molecule has 0 radical (unpaired) electrons. The van der Waals surface area contributed by atoms with Gasteiger partial charge in [0.1, 0.15) is 0 Å². The van der Waals surface area contributed by atoms with Crippen LogP contribution in [0.3, 0.4) is 0 Å². The van der Waals surface area contributed by atoms with Gasteiger partial charge in [-0.15, -0.1) is 24.0 Å². The standard InChI is InChI=1S/C23H39N5.HI/c1-24-23(25-15-7-3-8-16-27-17-9-4-10-18-27)26-21-13-19-28(20-14-21)22-11-5-2-6-12-22;/h2,5-6,11-12,21H,3-4,7-10,13-20H2,1H3,(H2,24,25,26);1H. The van der Waals surface area contributed by atoms with Crippen molar-refractivity contribution in [2.75, 3.05) is 51.2 Å². The highest BCUT2D eigenvalue weighted by Crippen LogP contribution is 2.19. The Bertz CT molecular complexity index is 566. The zero-order valence-electron chi connectivity index (χ0n) is 18.1. The molecule has 0 saturated carbocycles. The van der Waals surface area contributed by atoms with E-state index in [0.29, 0.717) is 6.04 Å². The zero-order chi connectivity index (χ0) is 19.4. The first-order valence-corrected chi connectivity index (χ1v) is 11.3. The number of benzene rings is 1. The molecular weight excluding hydrogens is 473 g/mol. The van der Waals surface area contributed by atoms with Gasteiger partial charge in [0, 0.05) is 38.4 Å². The third-order valence-corrected chi connectivity index (χ3v) is 6.07. The lowest BCUT2D eigenvalue weighted by atomic mass is 10.0. The topological polar surface area (TPSA) is 42.9 Å². The first-order chi connectivity index (χ1) is 13.8. The number of nitrogens with one attached hydrogen (secondary N) is 2. The second-order valence-corrected chi connectivity index (χ2v) is 8.20. The number of aliphatic imine (C=N–C) groups is 1. The largest absolute Gasteiger partial charge is 0.371 e. The van der Waals surface area contributed by atoms with E-state index in [2.05, 4.69) is 55.8 Å². The molecule has 2 aliphatic heterocycles. The monoisotopic (exact) mass is 513 g/mol. The van der Waals surface area contributed by atoms with E-state index < -0.39 is 0 Å². The number of hydrogen-bond donors (Lipinski definition) is 2. The minimum absolute atomic E-state index is 0. The number of likely N-dealkylation sites (tertiary alicyclic amines) is 1. The normalized spacial score (nSPS) is 18.9. The summed E-state index contributed by atoms with van der Waals surface area (Å²) in [5.41, 5.74) is 1.34. The Morgan fingerprint density at radius 3 is 2.38 bits per heavy atom. The van der Waals surface area contributed by atoms with Crippen LogP contribution in [0.5, 0.6) is 0 Å². The van der Waals surface area contributed by atoms with Crippen LogP contribution >= 0.6 is 24.0 Å². The number of para-hydroxylation sites is 1. The van der Waals surface area contributed by atoms with Gasteiger partial charge in [-0.2, -0.15) is 0 Å². The van der Waals surface area contributed by atoms with Gasteiger partial charge >= 0.3 is 0 Å². The number of guanidine groups is 1. The summed E-state index contributed by atoms with van der Waals surface area (Å²) < 4.78 is 0. The Labute approximate surface area is 194 Å². The molecule has 1 aromatic carbocycles. The SMILES string of the molecule is CN=C(NCCCCCN1CCCCC1)NC1CCN(c2ccccc2)CC1.I. The van der Waals surface area contributed by atoms with Gasteiger partial charge in [0.25, 0.3) is 0 Å². The third kappa shape index (κ3) is 8.70. The van der Waals surface area contributed by atoms with Crippen molar-refractivity contribution in [2.45, 2.75) is 57.4 Å². The number of unbranched alkanes of at least 4 members (excludes halogenated alkanes) is 2. The highest BCUT2D eigenvalue weighted by molar-refractivity contribution is 14.0. The molecule has 164 valence electrons. The molecule has 0 unspecified atom stereocenters. The summed E-state index contributed by atoms with van der Waals surface area (Å²) in [6.07, 6.45) is 10.4. The maximum atomic E-state index is 4.42. The summed E-state index contributed by atoms with van der Waals surface area (Å²) in [4.78, 5) is 9.54. The summed E-state index contributed by atoms with van der Waals surface area (Å²) in [6.45, 7) is 7.15. The first-order valence-electron chi connectivity index (χ1n) is 11.3. The van der Waals surface area contributed by atoms with Gasteiger partial charge in [-0.05, 0) is 70.3 Å². The minimum atomic E-state index is 0. The van der Waals surface area contributed by atoms with Gasteiger partial charge in [-0.3, -0.25) is 4.99 Å². The Morgan fingerprint density at radius 1 is 0.966 bits per heavy atom. The van der Waals surface area contributed by atoms with Crippen LogP contribution in [0, 0.1) is 0 Å². The van der Waals surface area contributed by atoms with Crippen molar-refractivity contribution in [2.24, 2.45) is 4.99 Å². The molecule has 2 heterocycles. The van der Waals surface area contributed by atoms with Crippen LogP contribution in [0.2, 0.25) is 0 Å². The highest BCUT2D eigenvalue weighted by Gasteiger charge is 2.20. The van der Waals surface area contributed by atoms with Crippen LogP contribution in [-0.4, -0.2) is 63.2 Å². The van der Waals surface area contributed by atoms with Gasteiger partial charge in [0.15, 0.2) is 5.96 Å². The summed E-state index contributed by atoms with van der Waals surface area (Å²) in [6, 6.07) is 11.3. The molecule has 0 atom stereocenters. The molecule has 5 nitrogen and oxygen atoms in total. The molecular formula is C23H40IN5. The van der Waals surface area contributed by atoms with Crippen LogP contribution in [0.1, 0.15) is 51.4 Å².